The minimum absolute atomic E-state index is 0.299. The molecule has 0 aromatic carbocycles. The highest BCUT2D eigenvalue weighted by Gasteiger charge is 2.23. The van der Waals surface area contributed by atoms with E-state index in [0.717, 1.165) is 31.7 Å². The van der Waals surface area contributed by atoms with Crippen molar-refractivity contribution in [3.8, 4) is 0 Å². The first-order chi connectivity index (χ1) is 10.2. The maximum Gasteiger partial charge on any atom is 0.320 e. The summed E-state index contributed by atoms with van der Waals surface area (Å²) in [6.07, 6.45) is 13.2. The second-order valence-electron chi connectivity index (χ2n) is 5.74. The van der Waals surface area contributed by atoms with Crippen molar-refractivity contribution < 1.29 is 9.90 Å². The summed E-state index contributed by atoms with van der Waals surface area (Å²) in [5.41, 5.74) is 0. The molecule has 21 heavy (non-hydrogen) atoms. The van der Waals surface area contributed by atoms with E-state index in [4.69, 9.17) is 0 Å². The van der Waals surface area contributed by atoms with E-state index in [9.17, 15) is 9.90 Å². The molecule has 0 saturated carbocycles. The fraction of sp³-hybridized carbons (Fsp3) is 0.941. The smallest absolute Gasteiger partial charge is 0.320 e. The molecule has 0 aliphatic carbocycles. The number of carboxylic acids is 1. The Kier molecular flexibility index (Phi) is 14.6. The first-order valence-corrected chi connectivity index (χ1v) is 10.0. The second-order valence-corrected chi connectivity index (χ2v) is 6.72. The van der Waals surface area contributed by atoms with Crippen LogP contribution < -0.4 is 0 Å². The zero-order chi connectivity index (χ0) is 15.9. The highest BCUT2D eigenvalue weighted by Crippen LogP contribution is 2.12. The van der Waals surface area contributed by atoms with Gasteiger partial charge in [0.1, 0.15) is 6.04 Å². The molecule has 0 saturated heterocycles. The van der Waals surface area contributed by atoms with E-state index in [1.165, 1.54) is 44.9 Å². The molecular weight excluding hydrogens is 282 g/mol. The monoisotopic (exact) mass is 317 g/mol. The van der Waals surface area contributed by atoms with Crippen molar-refractivity contribution in [2.75, 3.05) is 25.1 Å². The van der Waals surface area contributed by atoms with Crippen molar-refractivity contribution >= 4 is 17.7 Å². The molecule has 126 valence electrons. The third kappa shape index (κ3) is 11.1. The Morgan fingerprint density at radius 1 is 1.05 bits per heavy atom. The third-order valence-corrected chi connectivity index (χ3v) is 4.67. The van der Waals surface area contributed by atoms with Crippen molar-refractivity contribution in [3.05, 3.63) is 0 Å². The second kappa shape index (κ2) is 14.7. The molecule has 0 spiro atoms. The van der Waals surface area contributed by atoms with Crippen molar-refractivity contribution in [1.29, 1.82) is 0 Å². The van der Waals surface area contributed by atoms with Crippen LogP contribution in [-0.4, -0.2) is 47.1 Å². The SMILES string of the molecule is CCCCCCCCCCN(CC)[C@@H](CCSC)C(=O)O. The van der Waals surface area contributed by atoms with Crippen molar-refractivity contribution in [2.24, 2.45) is 0 Å². The van der Waals surface area contributed by atoms with Crippen LogP contribution in [-0.2, 0) is 4.79 Å². The van der Waals surface area contributed by atoms with Crippen LogP contribution in [0.5, 0.6) is 0 Å². The summed E-state index contributed by atoms with van der Waals surface area (Å²) in [5.74, 6) is 0.260. The zero-order valence-electron chi connectivity index (χ0n) is 14.3. The summed E-state index contributed by atoms with van der Waals surface area (Å²) in [4.78, 5) is 13.5. The number of likely N-dealkylation sites (N-methyl/N-ethyl adjacent to an activating group) is 1. The van der Waals surface area contributed by atoms with Gasteiger partial charge in [-0.05, 0) is 37.9 Å². The Morgan fingerprint density at radius 2 is 1.62 bits per heavy atom. The average Bonchev–Trinajstić information content (AvgIpc) is 2.47. The minimum atomic E-state index is -0.662. The van der Waals surface area contributed by atoms with Gasteiger partial charge in [0.25, 0.3) is 0 Å². The molecule has 0 fully saturated rings. The Bertz CT molecular complexity index is 249. The van der Waals surface area contributed by atoms with E-state index >= 15 is 0 Å². The number of nitrogens with zero attached hydrogens (tertiary/aromatic N) is 1. The van der Waals surface area contributed by atoms with Gasteiger partial charge in [0.15, 0.2) is 0 Å². The molecule has 0 aromatic rings. The fourth-order valence-corrected chi connectivity index (χ4v) is 3.13. The molecule has 0 aromatic heterocycles. The van der Waals surface area contributed by atoms with E-state index in [1.807, 2.05) is 6.26 Å². The lowest BCUT2D eigenvalue weighted by atomic mass is 10.1. The topological polar surface area (TPSA) is 40.5 Å². The van der Waals surface area contributed by atoms with Gasteiger partial charge in [0.05, 0.1) is 0 Å². The van der Waals surface area contributed by atoms with Gasteiger partial charge in [-0.1, -0.05) is 58.8 Å². The molecule has 4 heteroatoms. The van der Waals surface area contributed by atoms with Gasteiger partial charge in [-0.25, -0.2) is 0 Å². The molecule has 0 heterocycles. The predicted octanol–water partition coefficient (Wildman–Crippen LogP) is 4.66. The largest absolute Gasteiger partial charge is 0.480 e. The molecule has 0 unspecified atom stereocenters. The molecule has 1 atom stereocenters. The number of thioether (sulfide) groups is 1. The summed E-state index contributed by atoms with van der Waals surface area (Å²) in [6, 6.07) is -0.299. The van der Waals surface area contributed by atoms with E-state index in [1.54, 1.807) is 11.8 Å². The maximum atomic E-state index is 11.4. The summed E-state index contributed by atoms with van der Waals surface area (Å²) in [5, 5.41) is 9.37. The van der Waals surface area contributed by atoms with Crippen molar-refractivity contribution in [2.45, 2.75) is 77.7 Å². The molecule has 0 aliphatic heterocycles. The minimum Gasteiger partial charge on any atom is -0.480 e. The first-order valence-electron chi connectivity index (χ1n) is 8.63. The lowest BCUT2D eigenvalue weighted by Crippen LogP contribution is -2.42. The van der Waals surface area contributed by atoms with Crippen molar-refractivity contribution in [3.63, 3.8) is 0 Å². The summed E-state index contributed by atoms with van der Waals surface area (Å²) >= 11 is 1.73. The molecule has 0 radical (unpaired) electrons. The highest BCUT2D eigenvalue weighted by molar-refractivity contribution is 7.98. The van der Waals surface area contributed by atoms with Crippen LogP contribution >= 0.6 is 11.8 Å². The summed E-state index contributed by atoms with van der Waals surface area (Å²) in [7, 11) is 0. The third-order valence-electron chi connectivity index (χ3n) is 4.03. The van der Waals surface area contributed by atoms with E-state index < -0.39 is 5.97 Å². The Morgan fingerprint density at radius 3 is 2.10 bits per heavy atom. The van der Waals surface area contributed by atoms with Gasteiger partial charge < -0.3 is 5.11 Å². The van der Waals surface area contributed by atoms with Gasteiger partial charge in [-0.2, -0.15) is 11.8 Å². The first kappa shape index (κ1) is 20.8. The van der Waals surface area contributed by atoms with Crippen LogP contribution in [0.25, 0.3) is 0 Å². The predicted molar refractivity (Wildman–Crippen MR) is 94.3 cm³/mol. The van der Waals surface area contributed by atoms with E-state index in [-0.39, 0.29) is 6.04 Å². The van der Waals surface area contributed by atoms with Crippen LogP contribution in [0.15, 0.2) is 0 Å². The van der Waals surface area contributed by atoms with Crippen LogP contribution in [0.1, 0.15) is 71.6 Å². The standard InChI is InChI=1S/C17H35NO2S/c1-4-6-7-8-9-10-11-12-14-18(5-2)16(17(19)20)13-15-21-3/h16H,4-15H2,1-3H3,(H,19,20)/t16-/m0/s1. The van der Waals surface area contributed by atoms with E-state index in [2.05, 4.69) is 18.7 Å². The zero-order valence-corrected chi connectivity index (χ0v) is 15.1. The van der Waals surface area contributed by atoms with E-state index in [0.29, 0.717) is 0 Å². The van der Waals surface area contributed by atoms with Gasteiger partial charge in [0.2, 0.25) is 0 Å². The van der Waals surface area contributed by atoms with Crippen LogP contribution in [0.4, 0.5) is 0 Å². The Balaban J connectivity index is 3.83. The molecule has 0 bridgehead atoms. The molecule has 3 nitrogen and oxygen atoms in total. The Labute approximate surface area is 135 Å². The fourth-order valence-electron chi connectivity index (χ4n) is 2.67. The Hall–Kier alpha value is -0.220. The van der Waals surface area contributed by atoms with Crippen LogP contribution in [0.3, 0.4) is 0 Å². The lowest BCUT2D eigenvalue weighted by Gasteiger charge is -2.27. The number of aliphatic carboxylic acids is 1. The van der Waals surface area contributed by atoms with Crippen LogP contribution in [0, 0.1) is 0 Å². The van der Waals surface area contributed by atoms with Crippen LogP contribution in [0.2, 0.25) is 0 Å². The number of unbranched alkanes of at least 4 members (excludes halogenated alkanes) is 7. The van der Waals surface area contributed by atoms with Crippen molar-refractivity contribution in [1.82, 2.24) is 4.90 Å². The summed E-state index contributed by atoms with van der Waals surface area (Å²) in [6.45, 7) is 6.08. The summed E-state index contributed by atoms with van der Waals surface area (Å²) < 4.78 is 0. The molecule has 0 amide bonds. The van der Waals surface area contributed by atoms with Gasteiger partial charge >= 0.3 is 5.97 Å². The molecule has 0 aliphatic rings. The normalized spacial score (nSPS) is 12.8. The van der Waals surface area contributed by atoms with Gasteiger partial charge in [0, 0.05) is 0 Å². The highest BCUT2D eigenvalue weighted by atomic mass is 32.2. The van der Waals surface area contributed by atoms with Gasteiger partial charge in [-0.3, -0.25) is 9.69 Å². The number of hydrogen-bond donors (Lipinski definition) is 1. The molecular formula is C17H35NO2S. The number of carboxylic acid groups (broad SMARTS) is 1. The number of rotatable bonds is 15. The average molecular weight is 318 g/mol. The molecule has 1 N–H and O–H groups in total. The molecule has 0 rings (SSSR count). The number of hydrogen-bond acceptors (Lipinski definition) is 3. The number of carbonyl (C=O) groups is 1. The maximum absolute atomic E-state index is 11.4. The lowest BCUT2D eigenvalue weighted by molar-refractivity contribution is -0.143. The quantitative estimate of drug-likeness (QED) is 0.446. The van der Waals surface area contributed by atoms with Gasteiger partial charge in [-0.15, -0.1) is 0 Å².